The number of anilines is 1. The summed E-state index contributed by atoms with van der Waals surface area (Å²) in [5.41, 5.74) is 3.75. The van der Waals surface area contributed by atoms with Gasteiger partial charge in [0.1, 0.15) is 5.92 Å². The van der Waals surface area contributed by atoms with Gasteiger partial charge in [0.15, 0.2) is 5.78 Å². The number of Topliss-reactive ketones (excluding diaryl/α,β-unsaturated/α-hetero) is 1. The zero-order valence-corrected chi connectivity index (χ0v) is 17.3. The summed E-state index contributed by atoms with van der Waals surface area (Å²) in [5, 5.41) is 10.7. The van der Waals surface area contributed by atoms with Crippen molar-refractivity contribution in [3.63, 3.8) is 0 Å². The Bertz CT molecular complexity index is 1030. The maximum atomic E-state index is 13.2. The number of ketones is 1. The minimum Gasteiger partial charge on any atom is -0.481 e. The van der Waals surface area contributed by atoms with E-state index in [-0.39, 0.29) is 11.2 Å². The second-order valence-electron chi connectivity index (χ2n) is 8.19. The van der Waals surface area contributed by atoms with E-state index in [0.29, 0.717) is 23.2 Å². The van der Waals surface area contributed by atoms with Crippen molar-refractivity contribution >= 4 is 29.2 Å². The first kappa shape index (κ1) is 18.8. The smallest absolute Gasteiger partial charge is 0.315 e. The Morgan fingerprint density at radius 1 is 1.18 bits per heavy atom. The van der Waals surface area contributed by atoms with E-state index in [4.69, 9.17) is 0 Å². The maximum absolute atomic E-state index is 13.2. The molecule has 1 aliphatic heterocycles. The van der Waals surface area contributed by atoms with Gasteiger partial charge in [0.25, 0.3) is 0 Å². The highest BCUT2D eigenvalue weighted by Crippen LogP contribution is 2.52. The fourth-order valence-corrected chi connectivity index (χ4v) is 5.27. The summed E-state index contributed by atoms with van der Waals surface area (Å²) in [7, 11) is 0. The average Bonchev–Trinajstić information content (AvgIpc) is 3.15. The molecule has 0 bridgehead atoms. The number of carboxylic acids is 1. The Labute approximate surface area is 169 Å². The van der Waals surface area contributed by atoms with Gasteiger partial charge in [-0.1, -0.05) is 62.9 Å². The summed E-state index contributed by atoms with van der Waals surface area (Å²) in [4.78, 5) is 28.4. The van der Waals surface area contributed by atoms with Gasteiger partial charge in [0.05, 0.1) is 10.7 Å². The molecule has 0 spiro atoms. The van der Waals surface area contributed by atoms with E-state index in [9.17, 15) is 14.7 Å². The number of carboxylic acid groups (broad SMARTS) is 1. The Kier molecular flexibility index (Phi) is 4.38. The second-order valence-corrected chi connectivity index (χ2v) is 9.22. The normalized spacial score (nSPS) is 21.1. The molecule has 2 aromatic rings. The fraction of sp³-hybridized carbons (Fsp3) is 0.304. The molecule has 1 unspecified atom stereocenters. The van der Waals surface area contributed by atoms with E-state index in [1.807, 2.05) is 6.92 Å². The lowest BCUT2D eigenvalue weighted by atomic mass is 9.87. The molecule has 0 amide bonds. The number of carbonyl (C=O) groups is 2. The summed E-state index contributed by atoms with van der Waals surface area (Å²) in [5.74, 6) is -2.08. The number of hydrogen-bond donors (Lipinski definition) is 1. The van der Waals surface area contributed by atoms with Gasteiger partial charge in [0, 0.05) is 22.6 Å². The third-order valence-corrected chi connectivity index (χ3v) is 6.59. The van der Waals surface area contributed by atoms with Crippen LogP contribution in [0, 0.1) is 0 Å². The lowest BCUT2D eigenvalue weighted by molar-refractivity contribution is -0.137. The van der Waals surface area contributed by atoms with Gasteiger partial charge < -0.3 is 10.0 Å². The number of hydrogen-bond acceptors (Lipinski definition) is 4. The quantitative estimate of drug-likeness (QED) is 0.712. The molecule has 1 N–H and O–H groups in total. The second kappa shape index (κ2) is 6.52. The van der Waals surface area contributed by atoms with Crippen LogP contribution in [0.25, 0.3) is 0 Å². The molecule has 0 radical (unpaired) electrons. The number of carbonyl (C=O) groups excluding carboxylic acids is 1. The number of benzene rings is 2. The maximum Gasteiger partial charge on any atom is 0.315 e. The molecule has 5 heteroatoms. The van der Waals surface area contributed by atoms with Crippen LogP contribution < -0.4 is 4.90 Å². The molecule has 28 heavy (non-hydrogen) atoms. The van der Waals surface area contributed by atoms with Crippen LogP contribution in [-0.2, 0) is 10.2 Å². The van der Waals surface area contributed by atoms with E-state index in [1.54, 1.807) is 24.3 Å². The summed E-state index contributed by atoms with van der Waals surface area (Å²) >= 11 is 1.51. The molecule has 0 aromatic heterocycles. The third kappa shape index (κ3) is 2.76. The molecule has 144 valence electrons. The first-order valence-electron chi connectivity index (χ1n) is 9.44. The average molecular weight is 394 g/mol. The molecular formula is C23H23NO3S. The van der Waals surface area contributed by atoms with Crippen molar-refractivity contribution in [2.75, 3.05) is 11.4 Å². The number of fused-ring (bicyclic) bond motifs is 2. The minimum atomic E-state index is -0.983. The van der Waals surface area contributed by atoms with Crippen LogP contribution in [0.3, 0.4) is 0 Å². The van der Waals surface area contributed by atoms with Crippen molar-refractivity contribution in [1.82, 2.24) is 0 Å². The largest absolute Gasteiger partial charge is 0.481 e. The van der Waals surface area contributed by atoms with Crippen molar-refractivity contribution in [2.45, 2.75) is 43.9 Å². The van der Waals surface area contributed by atoms with Gasteiger partial charge in [-0.25, -0.2) is 0 Å². The van der Waals surface area contributed by atoms with Crippen molar-refractivity contribution in [3.8, 4) is 0 Å². The summed E-state index contributed by atoms with van der Waals surface area (Å²) < 4.78 is 0. The number of nitrogens with zero attached hydrogens (tertiary/aromatic N) is 1. The van der Waals surface area contributed by atoms with Gasteiger partial charge in [-0.3, -0.25) is 9.59 Å². The van der Waals surface area contributed by atoms with Gasteiger partial charge >= 0.3 is 5.97 Å². The van der Waals surface area contributed by atoms with E-state index in [2.05, 4.69) is 43.9 Å². The molecule has 2 aliphatic rings. The fourth-order valence-electron chi connectivity index (χ4n) is 3.93. The molecule has 2 aromatic carbocycles. The van der Waals surface area contributed by atoms with Gasteiger partial charge in [-0.15, -0.1) is 0 Å². The molecule has 0 fully saturated rings. The molecule has 4 rings (SSSR count). The van der Waals surface area contributed by atoms with Gasteiger partial charge in [-0.05, 0) is 35.6 Å². The monoisotopic (exact) mass is 393 g/mol. The Morgan fingerprint density at radius 3 is 2.54 bits per heavy atom. The Hall–Kier alpha value is -2.53. The first-order valence-corrected chi connectivity index (χ1v) is 10.3. The lowest BCUT2D eigenvalue weighted by Gasteiger charge is -2.22. The van der Waals surface area contributed by atoms with Crippen LogP contribution in [0.1, 0.15) is 55.1 Å². The minimum absolute atomic E-state index is 0.0194. The molecule has 1 heterocycles. The lowest BCUT2D eigenvalue weighted by Crippen LogP contribution is -2.22. The third-order valence-electron chi connectivity index (χ3n) is 5.41. The topological polar surface area (TPSA) is 57.6 Å². The molecule has 1 atom stereocenters. The zero-order valence-electron chi connectivity index (χ0n) is 16.4. The Balaban J connectivity index is 1.89. The summed E-state index contributed by atoms with van der Waals surface area (Å²) in [6.07, 6.45) is 0. The van der Waals surface area contributed by atoms with Gasteiger partial charge in [-0.2, -0.15) is 0 Å². The van der Waals surface area contributed by atoms with E-state index in [0.717, 1.165) is 15.6 Å². The van der Waals surface area contributed by atoms with Crippen LogP contribution in [0.4, 0.5) is 5.69 Å². The number of aliphatic carboxylic acids is 1. The van der Waals surface area contributed by atoms with Crippen molar-refractivity contribution in [3.05, 3.63) is 69.8 Å². The number of thioether (sulfide) groups is 1. The predicted octanol–water partition coefficient (Wildman–Crippen LogP) is 5.19. The standard InChI is InChI=1S/C23H23NO3S/c1-5-24-16-11-10-13(23(2,3)4)12-17(16)28-21(24)19-18(22(26)27)14-8-6-7-9-15(14)20(19)25/h6-12,18H,5H2,1-4H3,(H,26,27)/b21-19-. The van der Waals surface area contributed by atoms with E-state index in [1.165, 1.54) is 17.3 Å². The van der Waals surface area contributed by atoms with E-state index < -0.39 is 11.9 Å². The highest BCUT2D eigenvalue weighted by Gasteiger charge is 2.44. The summed E-state index contributed by atoms with van der Waals surface area (Å²) in [6.45, 7) is 9.20. The van der Waals surface area contributed by atoms with Gasteiger partial charge in [0.2, 0.25) is 0 Å². The van der Waals surface area contributed by atoms with Crippen molar-refractivity contribution in [2.24, 2.45) is 0 Å². The van der Waals surface area contributed by atoms with Crippen molar-refractivity contribution < 1.29 is 14.7 Å². The predicted molar refractivity (Wildman–Crippen MR) is 112 cm³/mol. The highest BCUT2D eigenvalue weighted by molar-refractivity contribution is 8.03. The molecule has 0 saturated heterocycles. The van der Waals surface area contributed by atoms with Crippen LogP contribution in [-0.4, -0.2) is 23.4 Å². The molecule has 1 aliphatic carbocycles. The highest BCUT2D eigenvalue weighted by atomic mass is 32.2. The first-order chi connectivity index (χ1) is 13.2. The van der Waals surface area contributed by atoms with Crippen LogP contribution in [0.15, 0.2) is 58.0 Å². The molecule has 4 nitrogen and oxygen atoms in total. The molecular weight excluding hydrogens is 370 g/mol. The number of rotatable bonds is 2. The Morgan fingerprint density at radius 2 is 1.89 bits per heavy atom. The summed E-state index contributed by atoms with van der Waals surface area (Å²) in [6, 6.07) is 13.4. The van der Waals surface area contributed by atoms with Crippen LogP contribution in [0.5, 0.6) is 0 Å². The molecule has 0 saturated carbocycles. The van der Waals surface area contributed by atoms with Crippen molar-refractivity contribution in [1.29, 1.82) is 0 Å². The van der Waals surface area contributed by atoms with E-state index >= 15 is 0 Å². The van der Waals surface area contributed by atoms with Crippen LogP contribution in [0.2, 0.25) is 0 Å². The van der Waals surface area contributed by atoms with Crippen LogP contribution >= 0.6 is 11.8 Å². The SMILES string of the molecule is CCN1/C(=C2/C(=O)c3ccccc3C2C(=O)O)Sc2cc(C(C)(C)C)ccc21. The zero-order chi connectivity index (χ0) is 20.2.